The Balaban J connectivity index is 2.69. The fourth-order valence-corrected chi connectivity index (χ4v) is 2.68. The molecule has 0 aliphatic heterocycles. The van der Waals surface area contributed by atoms with E-state index in [4.69, 9.17) is 0 Å². The first-order chi connectivity index (χ1) is 7.74. The second-order valence-corrected chi connectivity index (χ2v) is 4.83. The van der Waals surface area contributed by atoms with E-state index in [0.29, 0.717) is 0 Å². The summed E-state index contributed by atoms with van der Waals surface area (Å²) >= 11 is 1.78. The molecule has 1 unspecified atom stereocenters. The molecule has 1 atom stereocenters. The SMILES string of the molecule is CSCc1ccc2ccccc2c1C(C)O. The largest absolute Gasteiger partial charge is 0.389 e. The molecule has 0 heterocycles. The lowest BCUT2D eigenvalue weighted by atomic mass is 9.96. The van der Waals surface area contributed by atoms with Crippen molar-refractivity contribution in [1.82, 2.24) is 0 Å². The minimum absolute atomic E-state index is 0.409. The van der Waals surface area contributed by atoms with Crippen molar-refractivity contribution in [2.45, 2.75) is 18.8 Å². The summed E-state index contributed by atoms with van der Waals surface area (Å²) in [6.45, 7) is 1.84. The van der Waals surface area contributed by atoms with Crippen molar-refractivity contribution in [1.29, 1.82) is 0 Å². The van der Waals surface area contributed by atoms with Crippen molar-refractivity contribution < 1.29 is 5.11 Å². The van der Waals surface area contributed by atoms with Gasteiger partial charge in [0.2, 0.25) is 0 Å². The van der Waals surface area contributed by atoms with Gasteiger partial charge in [0.15, 0.2) is 0 Å². The summed E-state index contributed by atoms with van der Waals surface area (Å²) in [5, 5.41) is 12.3. The van der Waals surface area contributed by atoms with Gasteiger partial charge < -0.3 is 5.11 Å². The molecule has 2 rings (SSSR count). The Morgan fingerprint density at radius 2 is 1.94 bits per heavy atom. The molecular weight excluding hydrogens is 216 g/mol. The number of fused-ring (bicyclic) bond motifs is 1. The van der Waals surface area contributed by atoms with Crippen LogP contribution in [0.3, 0.4) is 0 Å². The monoisotopic (exact) mass is 232 g/mol. The Labute approximate surface area is 100 Å². The predicted octanol–water partition coefficient (Wildman–Crippen LogP) is 3.76. The minimum Gasteiger partial charge on any atom is -0.389 e. The van der Waals surface area contributed by atoms with E-state index in [9.17, 15) is 5.11 Å². The maximum Gasteiger partial charge on any atom is 0.0770 e. The molecule has 1 nitrogen and oxygen atoms in total. The van der Waals surface area contributed by atoms with Gasteiger partial charge in [-0.25, -0.2) is 0 Å². The van der Waals surface area contributed by atoms with Crippen molar-refractivity contribution in [3.8, 4) is 0 Å². The van der Waals surface area contributed by atoms with E-state index < -0.39 is 6.10 Å². The van der Waals surface area contributed by atoms with Gasteiger partial charge in [-0.2, -0.15) is 11.8 Å². The van der Waals surface area contributed by atoms with Crippen LogP contribution in [-0.2, 0) is 5.75 Å². The van der Waals surface area contributed by atoms with Gasteiger partial charge in [-0.05, 0) is 35.1 Å². The third-order valence-corrected chi connectivity index (χ3v) is 3.38. The highest BCUT2D eigenvalue weighted by Gasteiger charge is 2.11. The van der Waals surface area contributed by atoms with Crippen molar-refractivity contribution in [2.75, 3.05) is 6.26 Å². The smallest absolute Gasteiger partial charge is 0.0770 e. The number of rotatable bonds is 3. The minimum atomic E-state index is -0.409. The summed E-state index contributed by atoms with van der Waals surface area (Å²) in [6, 6.07) is 12.5. The first-order valence-electron chi connectivity index (χ1n) is 5.41. The number of hydrogen-bond donors (Lipinski definition) is 1. The maximum absolute atomic E-state index is 9.92. The summed E-state index contributed by atoms with van der Waals surface area (Å²) in [5.41, 5.74) is 2.31. The Morgan fingerprint density at radius 3 is 2.62 bits per heavy atom. The Hall–Kier alpha value is -0.990. The lowest BCUT2D eigenvalue weighted by molar-refractivity contribution is 0.200. The first-order valence-corrected chi connectivity index (χ1v) is 6.81. The van der Waals surface area contributed by atoms with Crippen LogP contribution < -0.4 is 0 Å². The van der Waals surface area contributed by atoms with Crippen LogP contribution in [-0.4, -0.2) is 11.4 Å². The number of benzene rings is 2. The Kier molecular flexibility index (Phi) is 3.52. The molecule has 0 aromatic heterocycles. The van der Waals surface area contributed by atoms with Crippen LogP contribution in [0.2, 0.25) is 0 Å². The van der Waals surface area contributed by atoms with Crippen LogP contribution in [0.15, 0.2) is 36.4 Å². The molecular formula is C14H16OS. The normalized spacial score (nSPS) is 12.9. The number of hydrogen-bond acceptors (Lipinski definition) is 2. The second kappa shape index (κ2) is 4.89. The molecule has 2 heteroatoms. The van der Waals surface area contributed by atoms with Crippen LogP contribution in [0.1, 0.15) is 24.2 Å². The average molecular weight is 232 g/mol. The molecule has 1 N–H and O–H groups in total. The van der Waals surface area contributed by atoms with Crippen molar-refractivity contribution in [3.05, 3.63) is 47.5 Å². The van der Waals surface area contributed by atoms with Crippen molar-refractivity contribution >= 4 is 22.5 Å². The number of thioether (sulfide) groups is 1. The van der Waals surface area contributed by atoms with Gasteiger partial charge in [0.25, 0.3) is 0 Å². The number of aliphatic hydroxyl groups is 1. The summed E-state index contributed by atoms with van der Waals surface area (Å²) < 4.78 is 0. The van der Waals surface area contributed by atoms with Gasteiger partial charge in [-0.1, -0.05) is 36.4 Å². The summed E-state index contributed by atoms with van der Waals surface area (Å²) in [4.78, 5) is 0. The van der Waals surface area contributed by atoms with Gasteiger partial charge in [0.1, 0.15) is 0 Å². The molecule has 0 aliphatic carbocycles. The molecule has 0 bridgehead atoms. The van der Waals surface area contributed by atoms with Crippen LogP contribution in [0.4, 0.5) is 0 Å². The molecule has 0 amide bonds. The van der Waals surface area contributed by atoms with Gasteiger partial charge in [0, 0.05) is 5.75 Å². The van der Waals surface area contributed by atoms with E-state index in [1.54, 1.807) is 11.8 Å². The maximum atomic E-state index is 9.92. The lowest BCUT2D eigenvalue weighted by Crippen LogP contribution is -1.98. The summed E-state index contributed by atoms with van der Waals surface area (Å²) in [5.74, 6) is 0.949. The average Bonchev–Trinajstić information content (AvgIpc) is 2.28. The van der Waals surface area contributed by atoms with Crippen LogP contribution in [0.5, 0.6) is 0 Å². The zero-order valence-electron chi connectivity index (χ0n) is 9.60. The zero-order valence-corrected chi connectivity index (χ0v) is 10.4. The van der Waals surface area contributed by atoms with E-state index in [-0.39, 0.29) is 0 Å². The highest BCUT2D eigenvalue weighted by molar-refractivity contribution is 7.97. The van der Waals surface area contributed by atoms with Crippen LogP contribution >= 0.6 is 11.8 Å². The van der Waals surface area contributed by atoms with Gasteiger partial charge in [-0.15, -0.1) is 0 Å². The third kappa shape index (κ3) is 2.08. The molecule has 2 aromatic carbocycles. The fraction of sp³-hybridized carbons (Fsp3) is 0.286. The summed E-state index contributed by atoms with van der Waals surface area (Å²) in [7, 11) is 0. The molecule has 0 aliphatic rings. The first kappa shape index (κ1) is 11.5. The van der Waals surface area contributed by atoms with E-state index >= 15 is 0 Å². The van der Waals surface area contributed by atoms with E-state index in [2.05, 4.69) is 30.5 Å². The van der Waals surface area contributed by atoms with E-state index in [1.165, 1.54) is 16.3 Å². The van der Waals surface area contributed by atoms with Crippen LogP contribution in [0.25, 0.3) is 10.8 Å². The number of aliphatic hydroxyl groups excluding tert-OH is 1. The van der Waals surface area contributed by atoms with Gasteiger partial charge >= 0.3 is 0 Å². The summed E-state index contributed by atoms with van der Waals surface area (Å²) in [6.07, 6.45) is 1.68. The quantitative estimate of drug-likeness (QED) is 0.869. The fourth-order valence-electron chi connectivity index (χ4n) is 2.12. The van der Waals surface area contributed by atoms with Crippen molar-refractivity contribution in [3.63, 3.8) is 0 Å². The lowest BCUT2D eigenvalue weighted by Gasteiger charge is -2.14. The molecule has 0 saturated heterocycles. The Morgan fingerprint density at radius 1 is 1.19 bits per heavy atom. The van der Waals surface area contributed by atoms with Crippen LogP contribution in [0, 0.1) is 0 Å². The zero-order chi connectivity index (χ0) is 11.5. The third-order valence-electron chi connectivity index (χ3n) is 2.78. The molecule has 0 spiro atoms. The Bertz CT molecular complexity index is 491. The molecule has 2 aromatic rings. The standard InChI is InChI=1S/C14H16OS/c1-10(15)14-12(9-16-2)8-7-11-5-3-4-6-13(11)14/h3-8,10,15H,9H2,1-2H3. The molecule has 84 valence electrons. The van der Waals surface area contributed by atoms with Crippen molar-refractivity contribution in [2.24, 2.45) is 0 Å². The highest BCUT2D eigenvalue weighted by Crippen LogP contribution is 2.29. The van der Waals surface area contributed by atoms with Gasteiger partial charge in [0.05, 0.1) is 6.10 Å². The molecule has 0 radical (unpaired) electrons. The van der Waals surface area contributed by atoms with E-state index in [0.717, 1.165) is 11.3 Å². The molecule has 16 heavy (non-hydrogen) atoms. The van der Waals surface area contributed by atoms with Gasteiger partial charge in [-0.3, -0.25) is 0 Å². The molecule has 0 saturated carbocycles. The molecule has 0 fully saturated rings. The predicted molar refractivity (Wildman–Crippen MR) is 71.8 cm³/mol. The van der Waals surface area contributed by atoms with E-state index in [1.807, 2.05) is 19.1 Å². The second-order valence-electron chi connectivity index (χ2n) is 3.97. The highest BCUT2D eigenvalue weighted by atomic mass is 32.2. The topological polar surface area (TPSA) is 20.2 Å².